The highest BCUT2D eigenvalue weighted by Crippen LogP contribution is 2.35. The first kappa shape index (κ1) is 25.3. The van der Waals surface area contributed by atoms with Gasteiger partial charge in [-0.05, 0) is 36.4 Å². The highest BCUT2D eigenvalue weighted by atomic mass is 16.5. The Labute approximate surface area is 223 Å². The zero-order chi connectivity index (χ0) is 27.7. The molecule has 3 aromatic carbocycles. The molecule has 0 fully saturated rings. The second-order valence-electron chi connectivity index (χ2n) is 8.75. The van der Waals surface area contributed by atoms with Crippen LogP contribution in [0.3, 0.4) is 0 Å². The Bertz CT molecular complexity index is 1740. The predicted molar refractivity (Wildman–Crippen MR) is 148 cm³/mol. The van der Waals surface area contributed by atoms with Crippen LogP contribution in [-0.4, -0.2) is 41.7 Å². The number of phenolic OH excluding ortho intramolecular Hbond substituents is 1. The number of aryl methyl sites for hydroxylation is 1. The Hall–Kier alpha value is -5.31. The van der Waals surface area contributed by atoms with Crippen LogP contribution in [0.25, 0.3) is 21.8 Å². The Kier molecular flexibility index (Phi) is 6.64. The van der Waals surface area contributed by atoms with E-state index >= 15 is 0 Å². The van der Waals surface area contributed by atoms with Gasteiger partial charge < -0.3 is 29.4 Å². The fourth-order valence-electron chi connectivity index (χ4n) is 4.71. The van der Waals surface area contributed by atoms with E-state index < -0.39 is 17.8 Å². The minimum Gasteiger partial charge on any atom is -0.507 e. The smallest absolute Gasteiger partial charge is 0.355 e. The second-order valence-corrected chi connectivity index (χ2v) is 8.75. The summed E-state index contributed by atoms with van der Waals surface area (Å²) in [4.78, 5) is 40.3. The number of phenols is 1. The number of hydrogen-bond acceptors (Lipinski definition) is 7. The summed E-state index contributed by atoms with van der Waals surface area (Å²) in [5, 5.41) is 15.4. The molecule has 39 heavy (non-hydrogen) atoms. The lowest BCUT2D eigenvalue weighted by Gasteiger charge is -2.25. The number of carbonyl (C=O) groups is 3. The van der Waals surface area contributed by atoms with Crippen LogP contribution in [0.2, 0.25) is 0 Å². The number of aromatic nitrogens is 1. The van der Waals surface area contributed by atoms with E-state index in [9.17, 15) is 19.5 Å². The molecular formula is C30H25N3O6. The van der Waals surface area contributed by atoms with Crippen LogP contribution in [-0.2, 0) is 26.1 Å². The average molecular weight is 524 g/mol. The quantitative estimate of drug-likeness (QED) is 0.362. The average Bonchev–Trinajstić information content (AvgIpc) is 3.08. The predicted octanol–water partition coefficient (Wildman–Crippen LogP) is 4.78. The number of fused-ring (bicyclic) bond motifs is 3. The molecule has 4 aromatic rings. The van der Waals surface area contributed by atoms with Crippen molar-refractivity contribution < 1.29 is 29.0 Å². The molecule has 9 heteroatoms. The van der Waals surface area contributed by atoms with Gasteiger partial charge in [-0.3, -0.25) is 4.79 Å². The van der Waals surface area contributed by atoms with Gasteiger partial charge in [-0.2, -0.15) is 0 Å². The van der Waals surface area contributed by atoms with Gasteiger partial charge in [0.2, 0.25) is 0 Å². The van der Waals surface area contributed by atoms with Crippen molar-refractivity contribution >= 4 is 51.0 Å². The number of nitrogens with zero attached hydrogens (tertiary/aromatic N) is 2. The first-order valence-electron chi connectivity index (χ1n) is 12.0. The maximum absolute atomic E-state index is 13.5. The largest absolute Gasteiger partial charge is 0.507 e. The van der Waals surface area contributed by atoms with Crippen LogP contribution in [0.4, 0.5) is 11.4 Å². The van der Waals surface area contributed by atoms with E-state index in [4.69, 9.17) is 9.47 Å². The van der Waals surface area contributed by atoms with Gasteiger partial charge in [-0.25, -0.2) is 9.59 Å². The molecule has 1 aliphatic heterocycles. The number of nitrogens with one attached hydrogen (secondary N) is 1. The zero-order valence-electron chi connectivity index (χ0n) is 21.5. The number of aromatic hydroxyl groups is 1. The lowest BCUT2D eigenvalue weighted by atomic mass is 10.1. The van der Waals surface area contributed by atoms with Crippen LogP contribution in [0, 0.1) is 0 Å². The number of para-hydroxylation sites is 3. The molecule has 196 valence electrons. The van der Waals surface area contributed by atoms with Crippen molar-refractivity contribution in [3.05, 3.63) is 102 Å². The summed E-state index contributed by atoms with van der Waals surface area (Å²) >= 11 is 0. The Morgan fingerprint density at radius 3 is 2.33 bits per heavy atom. The van der Waals surface area contributed by atoms with Gasteiger partial charge >= 0.3 is 11.9 Å². The molecule has 0 atom stereocenters. The molecule has 0 saturated heterocycles. The number of allylic oxidation sites excluding steroid dienone is 2. The van der Waals surface area contributed by atoms with Gasteiger partial charge in [-0.15, -0.1) is 0 Å². The number of rotatable bonds is 5. The number of hydrogen-bond donors (Lipinski definition) is 2. The maximum atomic E-state index is 13.5. The van der Waals surface area contributed by atoms with Gasteiger partial charge in [0, 0.05) is 35.6 Å². The maximum Gasteiger partial charge on any atom is 0.355 e. The lowest BCUT2D eigenvalue weighted by Crippen LogP contribution is -2.28. The number of esters is 2. The Morgan fingerprint density at radius 2 is 1.56 bits per heavy atom. The van der Waals surface area contributed by atoms with Crippen LogP contribution in [0.15, 0.2) is 96.4 Å². The molecule has 1 amide bonds. The number of amides is 1. The standard InChI is InChI=1S/C30H25N3O6/c1-32-23-13-6-4-10-18(23)20-16-21(26(34)17-25(20)32)28(35)31-22-12-5-7-14-24(22)33-15-9-8-11-19(29(36)38-2)27(33)30(37)39-3/h4-17,34H,1-3H3,(H,31,35). The number of benzene rings is 3. The zero-order valence-corrected chi connectivity index (χ0v) is 21.5. The summed E-state index contributed by atoms with van der Waals surface area (Å²) in [6.45, 7) is 0. The van der Waals surface area contributed by atoms with E-state index in [1.165, 1.54) is 25.2 Å². The summed E-state index contributed by atoms with van der Waals surface area (Å²) in [6.07, 6.45) is 6.25. The SMILES string of the molecule is COC(=O)C1=C(C(=O)OC)N(c2ccccc2NC(=O)c2cc3c4ccccc4n(C)c3cc2O)C=CC=C1. The second kappa shape index (κ2) is 10.2. The highest BCUT2D eigenvalue weighted by molar-refractivity contribution is 6.15. The van der Waals surface area contributed by atoms with Crippen LogP contribution < -0.4 is 10.2 Å². The summed E-state index contributed by atoms with van der Waals surface area (Å²) in [5.41, 5.74) is 2.46. The molecule has 5 rings (SSSR count). The van der Waals surface area contributed by atoms with Crippen molar-refractivity contribution in [3.8, 4) is 5.75 Å². The van der Waals surface area contributed by atoms with E-state index in [1.807, 2.05) is 35.9 Å². The van der Waals surface area contributed by atoms with E-state index in [1.54, 1.807) is 54.8 Å². The van der Waals surface area contributed by atoms with Crippen molar-refractivity contribution in [2.75, 3.05) is 24.4 Å². The lowest BCUT2D eigenvalue weighted by molar-refractivity contribution is -0.139. The molecule has 2 N–H and O–H groups in total. The minimum absolute atomic E-state index is 0.0190. The van der Waals surface area contributed by atoms with Crippen molar-refractivity contribution in [1.82, 2.24) is 4.57 Å². The fourth-order valence-corrected chi connectivity index (χ4v) is 4.71. The van der Waals surface area contributed by atoms with Crippen molar-refractivity contribution in [1.29, 1.82) is 0 Å². The number of ether oxygens (including phenoxy) is 2. The number of carbonyl (C=O) groups excluding carboxylic acids is 3. The summed E-state index contributed by atoms with van der Waals surface area (Å²) in [7, 11) is 4.33. The highest BCUT2D eigenvalue weighted by Gasteiger charge is 2.29. The van der Waals surface area contributed by atoms with Crippen LogP contribution >= 0.6 is 0 Å². The third-order valence-electron chi connectivity index (χ3n) is 6.58. The molecule has 0 radical (unpaired) electrons. The first-order valence-corrected chi connectivity index (χ1v) is 12.0. The van der Waals surface area contributed by atoms with Crippen molar-refractivity contribution in [2.45, 2.75) is 0 Å². The third kappa shape index (κ3) is 4.40. The minimum atomic E-state index is -0.771. The van der Waals surface area contributed by atoms with Gasteiger partial charge in [0.25, 0.3) is 5.91 Å². The van der Waals surface area contributed by atoms with Gasteiger partial charge in [0.15, 0.2) is 0 Å². The van der Waals surface area contributed by atoms with Gasteiger partial charge in [0.1, 0.15) is 11.4 Å². The summed E-state index contributed by atoms with van der Waals surface area (Å²) < 4.78 is 11.8. The summed E-state index contributed by atoms with van der Waals surface area (Å²) in [5.74, 6) is -2.23. The van der Waals surface area contributed by atoms with Crippen molar-refractivity contribution in [3.63, 3.8) is 0 Å². The first-order chi connectivity index (χ1) is 18.8. The van der Waals surface area contributed by atoms with Crippen molar-refractivity contribution in [2.24, 2.45) is 7.05 Å². The van der Waals surface area contributed by atoms with E-state index in [-0.39, 0.29) is 22.6 Å². The van der Waals surface area contributed by atoms with E-state index in [2.05, 4.69) is 5.32 Å². The number of methoxy groups -OCH3 is 2. The summed E-state index contributed by atoms with van der Waals surface area (Å²) in [6, 6.07) is 17.8. The topological polar surface area (TPSA) is 110 Å². The van der Waals surface area contributed by atoms with E-state index in [0.29, 0.717) is 11.4 Å². The normalized spacial score (nSPS) is 13.1. The molecule has 1 aromatic heterocycles. The van der Waals surface area contributed by atoms with Crippen LogP contribution in [0.5, 0.6) is 5.75 Å². The fraction of sp³-hybridized carbons (Fsp3) is 0.100. The van der Waals surface area contributed by atoms with Gasteiger partial charge in [-0.1, -0.05) is 36.4 Å². The molecule has 0 saturated carbocycles. The molecule has 0 spiro atoms. The third-order valence-corrected chi connectivity index (χ3v) is 6.58. The molecule has 2 heterocycles. The molecule has 0 aliphatic carbocycles. The van der Waals surface area contributed by atoms with E-state index in [0.717, 1.165) is 21.8 Å². The Morgan fingerprint density at radius 1 is 0.846 bits per heavy atom. The molecular weight excluding hydrogens is 498 g/mol. The molecule has 9 nitrogen and oxygen atoms in total. The molecule has 0 bridgehead atoms. The monoisotopic (exact) mass is 523 g/mol. The Balaban J connectivity index is 1.58. The van der Waals surface area contributed by atoms with Crippen LogP contribution in [0.1, 0.15) is 10.4 Å². The number of anilines is 2. The molecule has 1 aliphatic rings. The molecule has 0 unspecified atom stereocenters. The van der Waals surface area contributed by atoms with Gasteiger partial charge in [0.05, 0.1) is 42.2 Å².